The van der Waals surface area contributed by atoms with Crippen LogP contribution in [0, 0.1) is 0 Å². The Kier molecular flexibility index (Phi) is 2.79. The van der Waals surface area contributed by atoms with Crippen molar-refractivity contribution in [2.45, 2.75) is 6.04 Å². The van der Waals surface area contributed by atoms with Crippen molar-refractivity contribution >= 4 is 21.9 Å². The molecule has 3 heteroatoms. The fourth-order valence-corrected chi connectivity index (χ4v) is 2.85. The zero-order valence-electron chi connectivity index (χ0n) is 11.7. The molecular weight excluding hydrogens is 262 g/mol. The molecule has 0 saturated heterocycles. The second kappa shape index (κ2) is 4.79. The zero-order valence-corrected chi connectivity index (χ0v) is 11.7. The van der Waals surface area contributed by atoms with E-state index in [-0.39, 0.29) is 6.04 Å². The molecule has 1 atom stereocenters. The summed E-state index contributed by atoms with van der Waals surface area (Å²) in [6, 6.07) is 18.3. The van der Waals surface area contributed by atoms with E-state index in [1.165, 1.54) is 0 Å². The summed E-state index contributed by atoms with van der Waals surface area (Å²) < 4.78 is 11.4. The quantitative estimate of drug-likeness (QED) is 0.599. The van der Waals surface area contributed by atoms with Gasteiger partial charge in [-0.2, -0.15) is 0 Å². The smallest absolute Gasteiger partial charge is 0.135 e. The summed E-state index contributed by atoms with van der Waals surface area (Å²) in [5, 5.41) is 5.58. The van der Waals surface area contributed by atoms with Crippen LogP contribution in [-0.4, -0.2) is 7.05 Å². The Morgan fingerprint density at radius 3 is 2.57 bits per heavy atom. The van der Waals surface area contributed by atoms with Crippen LogP contribution < -0.4 is 5.32 Å². The third-order valence-electron chi connectivity index (χ3n) is 3.85. The number of hydrogen-bond acceptors (Lipinski definition) is 3. The first-order valence-corrected chi connectivity index (χ1v) is 6.98. The molecule has 0 aliphatic heterocycles. The van der Waals surface area contributed by atoms with Gasteiger partial charge in [-0.15, -0.1) is 0 Å². The number of furan rings is 2. The monoisotopic (exact) mass is 277 g/mol. The number of rotatable bonds is 3. The first kappa shape index (κ1) is 12.2. The molecular formula is C18H15NO2. The first-order valence-electron chi connectivity index (χ1n) is 6.98. The molecule has 0 spiro atoms. The topological polar surface area (TPSA) is 38.3 Å². The summed E-state index contributed by atoms with van der Waals surface area (Å²) in [5.41, 5.74) is 2.99. The predicted molar refractivity (Wildman–Crippen MR) is 83.3 cm³/mol. The average Bonchev–Trinajstić information content (AvgIpc) is 3.15. The lowest BCUT2D eigenvalue weighted by atomic mass is 10.0. The van der Waals surface area contributed by atoms with Gasteiger partial charge in [0.05, 0.1) is 12.3 Å². The van der Waals surface area contributed by atoms with Gasteiger partial charge in [0.15, 0.2) is 0 Å². The molecule has 21 heavy (non-hydrogen) atoms. The van der Waals surface area contributed by atoms with E-state index in [9.17, 15) is 0 Å². The molecule has 0 amide bonds. The molecule has 2 aromatic carbocycles. The molecule has 0 saturated carbocycles. The van der Waals surface area contributed by atoms with E-state index in [0.717, 1.165) is 33.3 Å². The molecule has 0 radical (unpaired) electrons. The van der Waals surface area contributed by atoms with E-state index in [1.807, 2.05) is 43.4 Å². The normalized spacial score (nSPS) is 13.0. The highest BCUT2D eigenvalue weighted by molar-refractivity contribution is 6.05. The molecule has 0 aliphatic carbocycles. The maximum Gasteiger partial charge on any atom is 0.135 e. The van der Waals surface area contributed by atoms with Crippen LogP contribution in [0.15, 0.2) is 69.7 Å². The van der Waals surface area contributed by atoms with Gasteiger partial charge in [0.1, 0.15) is 16.9 Å². The van der Waals surface area contributed by atoms with Gasteiger partial charge in [0.25, 0.3) is 0 Å². The van der Waals surface area contributed by atoms with Gasteiger partial charge in [0, 0.05) is 10.8 Å². The van der Waals surface area contributed by atoms with E-state index in [4.69, 9.17) is 8.83 Å². The van der Waals surface area contributed by atoms with E-state index in [2.05, 4.69) is 23.5 Å². The van der Waals surface area contributed by atoms with Crippen LogP contribution in [0.4, 0.5) is 0 Å². The van der Waals surface area contributed by atoms with Gasteiger partial charge >= 0.3 is 0 Å². The van der Waals surface area contributed by atoms with Gasteiger partial charge in [-0.3, -0.25) is 0 Å². The minimum Gasteiger partial charge on any atom is -0.467 e. The highest BCUT2D eigenvalue weighted by Crippen LogP contribution is 2.32. The fraction of sp³-hybridized carbons (Fsp3) is 0.111. The van der Waals surface area contributed by atoms with E-state index in [0.29, 0.717) is 0 Å². The van der Waals surface area contributed by atoms with E-state index < -0.39 is 0 Å². The van der Waals surface area contributed by atoms with Crippen LogP contribution in [0.1, 0.15) is 17.4 Å². The Morgan fingerprint density at radius 1 is 0.905 bits per heavy atom. The van der Waals surface area contributed by atoms with Crippen LogP contribution in [0.5, 0.6) is 0 Å². The maximum absolute atomic E-state index is 5.87. The van der Waals surface area contributed by atoms with Gasteiger partial charge < -0.3 is 14.2 Å². The van der Waals surface area contributed by atoms with Gasteiger partial charge in [0.2, 0.25) is 0 Å². The molecule has 2 aromatic heterocycles. The standard InChI is InChI=1S/C18H15NO2/c1-19-18(17-7-4-10-20-17)12-8-9-16-14(11-12)13-5-2-3-6-15(13)21-16/h2-11,18-19H,1H3. The van der Waals surface area contributed by atoms with Gasteiger partial charge in [-0.25, -0.2) is 0 Å². The summed E-state index contributed by atoms with van der Waals surface area (Å²) in [4.78, 5) is 0. The number of hydrogen-bond donors (Lipinski definition) is 1. The summed E-state index contributed by atoms with van der Waals surface area (Å²) >= 11 is 0. The molecule has 0 fully saturated rings. The van der Waals surface area contributed by atoms with Crippen molar-refractivity contribution in [3.05, 3.63) is 72.2 Å². The lowest BCUT2D eigenvalue weighted by Gasteiger charge is -2.14. The molecule has 0 aliphatic rings. The molecule has 104 valence electrons. The highest BCUT2D eigenvalue weighted by Gasteiger charge is 2.16. The van der Waals surface area contributed by atoms with E-state index in [1.54, 1.807) is 6.26 Å². The minimum absolute atomic E-state index is 0.0399. The van der Waals surface area contributed by atoms with E-state index >= 15 is 0 Å². The van der Waals surface area contributed by atoms with Crippen molar-refractivity contribution in [1.82, 2.24) is 5.32 Å². The molecule has 3 nitrogen and oxygen atoms in total. The third-order valence-corrected chi connectivity index (χ3v) is 3.85. The number of para-hydroxylation sites is 1. The first-order chi connectivity index (χ1) is 10.4. The Balaban J connectivity index is 1.91. The lowest BCUT2D eigenvalue weighted by Crippen LogP contribution is -2.16. The number of fused-ring (bicyclic) bond motifs is 3. The van der Waals surface area contributed by atoms with Crippen molar-refractivity contribution in [3.8, 4) is 0 Å². The van der Waals surface area contributed by atoms with Crippen molar-refractivity contribution < 1.29 is 8.83 Å². The Hall–Kier alpha value is -2.52. The molecule has 1 N–H and O–H groups in total. The largest absolute Gasteiger partial charge is 0.467 e. The van der Waals surface area contributed by atoms with Crippen LogP contribution >= 0.6 is 0 Å². The lowest BCUT2D eigenvalue weighted by molar-refractivity contribution is 0.463. The summed E-state index contributed by atoms with van der Waals surface area (Å²) in [7, 11) is 1.94. The average molecular weight is 277 g/mol. The Bertz CT molecular complexity index is 890. The van der Waals surface area contributed by atoms with Crippen LogP contribution in [0.25, 0.3) is 21.9 Å². The third kappa shape index (κ3) is 1.94. The van der Waals surface area contributed by atoms with Crippen LogP contribution in [0.2, 0.25) is 0 Å². The summed E-state index contributed by atoms with van der Waals surface area (Å²) in [5.74, 6) is 0.907. The summed E-state index contributed by atoms with van der Waals surface area (Å²) in [6.45, 7) is 0. The zero-order chi connectivity index (χ0) is 14.2. The molecule has 2 heterocycles. The highest BCUT2D eigenvalue weighted by atomic mass is 16.3. The second-order valence-corrected chi connectivity index (χ2v) is 5.09. The molecule has 1 unspecified atom stereocenters. The van der Waals surface area contributed by atoms with Crippen molar-refractivity contribution in [2.75, 3.05) is 7.05 Å². The van der Waals surface area contributed by atoms with Crippen molar-refractivity contribution in [2.24, 2.45) is 0 Å². The number of benzene rings is 2. The van der Waals surface area contributed by atoms with Crippen molar-refractivity contribution in [1.29, 1.82) is 0 Å². The minimum atomic E-state index is 0.0399. The summed E-state index contributed by atoms with van der Waals surface area (Å²) in [6.07, 6.45) is 1.70. The predicted octanol–water partition coefficient (Wildman–Crippen LogP) is 4.49. The Morgan fingerprint density at radius 2 is 1.76 bits per heavy atom. The fourth-order valence-electron chi connectivity index (χ4n) is 2.85. The van der Waals surface area contributed by atoms with Crippen molar-refractivity contribution in [3.63, 3.8) is 0 Å². The van der Waals surface area contributed by atoms with Gasteiger partial charge in [-0.05, 0) is 42.9 Å². The van der Waals surface area contributed by atoms with Crippen LogP contribution in [0.3, 0.4) is 0 Å². The van der Waals surface area contributed by atoms with Crippen LogP contribution in [-0.2, 0) is 0 Å². The number of nitrogens with one attached hydrogen (secondary N) is 1. The maximum atomic E-state index is 5.87. The molecule has 4 aromatic rings. The molecule has 4 rings (SSSR count). The second-order valence-electron chi connectivity index (χ2n) is 5.09. The SMILES string of the molecule is CNC(c1ccc2oc3ccccc3c2c1)c1ccco1. The van der Waals surface area contributed by atoms with Gasteiger partial charge in [-0.1, -0.05) is 24.3 Å². The molecule has 0 bridgehead atoms. The Labute approximate surface area is 122 Å².